The summed E-state index contributed by atoms with van der Waals surface area (Å²) in [5, 5.41) is 25.4. The minimum atomic E-state index is -0.821. The van der Waals surface area contributed by atoms with E-state index in [1.165, 1.54) is 0 Å². The molecule has 7 aromatic carbocycles. The summed E-state index contributed by atoms with van der Waals surface area (Å²) in [6.07, 6.45) is 3.57. The van der Waals surface area contributed by atoms with Crippen molar-refractivity contribution in [1.82, 2.24) is 34.8 Å². The number of halogens is 1. The van der Waals surface area contributed by atoms with Crippen molar-refractivity contribution >= 4 is 56.9 Å². The van der Waals surface area contributed by atoms with Crippen LogP contribution >= 0.6 is 11.6 Å². The second-order valence-electron chi connectivity index (χ2n) is 18.0. The van der Waals surface area contributed by atoms with Gasteiger partial charge < -0.3 is 16.0 Å². The van der Waals surface area contributed by atoms with Gasteiger partial charge >= 0.3 is 6.03 Å². The lowest BCUT2D eigenvalue weighted by molar-refractivity contribution is 0.249. The number of hydrogen-bond acceptors (Lipinski definition) is 7. The van der Waals surface area contributed by atoms with Crippen molar-refractivity contribution in [2.24, 2.45) is 0 Å². The molecule has 0 radical (unpaired) electrons. The number of fused-ring (bicyclic) bond motifs is 2. The van der Waals surface area contributed by atoms with E-state index in [0.717, 1.165) is 78.9 Å². The highest BCUT2D eigenvalue weighted by Gasteiger charge is 2.42. The van der Waals surface area contributed by atoms with Gasteiger partial charge in [-0.1, -0.05) is 224 Å². The smallest absolute Gasteiger partial charge is 0.320 e. The van der Waals surface area contributed by atoms with E-state index in [1.54, 1.807) is 12.4 Å². The molecule has 11 nitrogen and oxygen atoms in total. The first-order valence-electron chi connectivity index (χ1n) is 25.2. The Labute approximate surface area is 442 Å². The van der Waals surface area contributed by atoms with Gasteiger partial charge in [-0.25, -0.2) is 24.1 Å². The highest BCUT2D eigenvalue weighted by molar-refractivity contribution is 6.30. The molecule has 12 heteroatoms. The molecule has 11 rings (SSSR count). The second-order valence-corrected chi connectivity index (χ2v) is 18.4. The van der Waals surface area contributed by atoms with Crippen LogP contribution in [0.4, 0.5) is 22.2 Å². The van der Waals surface area contributed by atoms with E-state index in [9.17, 15) is 4.79 Å². The van der Waals surface area contributed by atoms with Crippen LogP contribution in [0.2, 0.25) is 5.15 Å². The van der Waals surface area contributed by atoms with Crippen molar-refractivity contribution in [3.63, 3.8) is 0 Å². The van der Waals surface area contributed by atoms with Crippen LogP contribution in [0.1, 0.15) is 65.8 Å². The Kier molecular flexibility index (Phi) is 14.8. The average molecular weight is 1010 g/mol. The maximum absolute atomic E-state index is 13.1. The molecule has 0 saturated carbocycles. The Morgan fingerprint density at radius 2 is 0.827 bits per heavy atom. The molecule has 4 aromatic heterocycles. The standard InChI is InChI=1S/C36H34N6O.C27H23ClN4/c1-3-37-34-31-25-38-33(40-35(43)39-26(2)27-16-8-4-9-17-27)24-32(31)42(41-34)36(28-18-10-5-11-19-28,29-20-12-6-13-21-29)30-22-14-7-15-23-30;1-2-29-26-23-19-30-25(28)18-24(23)32(31-26)27(20-12-6-3-7-13-20,21-14-8-4-9-15-21)22-16-10-5-11-17-22/h4-26H,3H2,1-2H3,(H,37,41)(H2,38,39,40,43);3-19H,2H2,1H3,(H,29,31)/t26-;/m1./s1. The normalized spacial score (nSPS) is 11.8. The Bertz CT molecular complexity index is 3420. The first-order valence-corrected chi connectivity index (χ1v) is 25.6. The lowest BCUT2D eigenvalue weighted by Crippen LogP contribution is -2.38. The number of benzene rings is 7. The molecule has 0 unspecified atom stereocenters. The van der Waals surface area contributed by atoms with E-state index in [2.05, 4.69) is 193 Å². The number of urea groups is 1. The second kappa shape index (κ2) is 22.4. The van der Waals surface area contributed by atoms with Crippen molar-refractivity contribution in [3.8, 4) is 0 Å². The van der Waals surface area contributed by atoms with Gasteiger partial charge in [0.15, 0.2) is 11.6 Å². The molecule has 75 heavy (non-hydrogen) atoms. The molecular weight excluding hydrogens is 948 g/mol. The molecule has 372 valence electrons. The number of hydrogen-bond donors (Lipinski definition) is 4. The van der Waals surface area contributed by atoms with Gasteiger partial charge in [0.05, 0.1) is 27.8 Å². The van der Waals surface area contributed by atoms with Crippen molar-refractivity contribution < 1.29 is 4.79 Å². The third-order valence-corrected chi connectivity index (χ3v) is 13.7. The molecule has 4 N–H and O–H groups in total. The molecule has 2 amide bonds. The fourth-order valence-electron chi connectivity index (χ4n) is 10.2. The van der Waals surface area contributed by atoms with Gasteiger partial charge in [0.25, 0.3) is 0 Å². The van der Waals surface area contributed by atoms with E-state index in [4.69, 9.17) is 21.8 Å². The lowest BCUT2D eigenvalue weighted by Gasteiger charge is -2.37. The van der Waals surface area contributed by atoms with Crippen LogP contribution in [0.3, 0.4) is 0 Å². The van der Waals surface area contributed by atoms with Gasteiger partial charge in [0.1, 0.15) is 22.0 Å². The third-order valence-electron chi connectivity index (χ3n) is 13.5. The van der Waals surface area contributed by atoms with Crippen LogP contribution in [0.15, 0.2) is 237 Å². The number of nitrogens with zero attached hydrogens (tertiary/aromatic N) is 6. The molecule has 4 heterocycles. The topological polar surface area (TPSA) is 127 Å². The quantitative estimate of drug-likeness (QED) is 0.0595. The maximum Gasteiger partial charge on any atom is 0.320 e. The van der Waals surface area contributed by atoms with Gasteiger partial charge in [-0.05, 0) is 59.7 Å². The Morgan fingerprint density at radius 1 is 0.493 bits per heavy atom. The van der Waals surface area contributed by atoms with Crippen LogP contribution in [-0.4, -0.2) is 48.6 Å². The summed E-state index contributed by atoms with van der Waals surface area (Å²) < 4.78 is 4.16. The zero-order valence-electron chi connectivity index (χ0n) is 42.0. The number of pyridine rings is 2. The van der Waals surface area contributed by atoms with E-state index < -0.39 is 11.1 Å². The fraction of sp³-hybridized carbons (Fsp3) is 0.127. The van der Waals surface area contributed by atoms with Gasteiger partial charge in [-0.2, -0.15) is 10.2 Å². The van der Waals surface area contributed by atoms with E-state index >= 15 is 0 Å². The van der Waals surface area contributed by atoms with Crippen LogP contribution in [0.5, 0.6) is 0 Å². The van der Waals surface area contributed by atoms with Crippen molar-refractivity contribution in [2.75, 3.05) is 29.0 Å². The number of aromatic nitrogens is 6. The molecule has 0 fully saturated rings. The maximum atomic E-state index is 13.1. The average Bonchev–Trinajstić information content (AvgIpc) is 4.05. The monoisotopic (exact) mass is 1000 g/mol. The van der Waals surface area contributed by atoms with Gasteiger partial charge in [0.2, 0.25) is 0 Å². The summed E-state index contributed by atoms with van der Waals surface area (Å²) in [6.45, 7) is 7.51. The zero-order valence-corrected chi connectivity index (χ0v) is 42.7. The van der Waals surface area contributed by atoms with Crippen LogP contribution in [0, 0.1) is 0 Å². The number of rotatable bonds is 15. The highest BCUT2D eigenvalue weighted by atomic mass is 35.5. The minimum Gasteiger partial charge on any atom is -0.368 e. The van der Waals surface area contributed by atoms with Gasteiger partial charge in [0, 0.05) is 37.6 Å². The molecule has 0 aliphatic carbocycles. The zero-order chi connectivity index (χ0) is 51.6. The molecule has 0 spiro atoms. The number of anilines is 3. The van der Waals surface area contributed by atoms with Crippen LogP contribution in [0.25, 0.3) is 21.8 Å². The summed E-state index contributed by atoms with van der Waals surface area (Å²) >= 11 is 6.39. The number of amides is 2. The first-order chi connectivity index (χ1) is 36.9. The molecule has 11 aromatic rings. The van der Waals surface area contributed by atoms with Crippen molar-refractivity contribution in [3.05, 3.63) is 281 Å². The third kappa shape index (κ3) is 9.69. The molecular formula is C63H57ClN10O. The molecule has 0 aliphatic heterocycles. The Hall–Kier alpha value is -9.06. The Balaban J connectivity index is 0.000000178. The molecule has 0 saturated heterocycles. The minimum absolute atomic E-state index is 0.169. The number of nitrogens with one attached hydrogen (secondary N) is 4. The fourth-order valence-corrected chi connectivity index (χ4v) is 10.3. The van der Waals surface area contributed by atoms with E-state index in [-0.39, 0.29) is 12.1 Å². The van der Waals surface area contributed by atoms with Crippen molar-refractivity contribution in [1.29, 1.82) is 0 Å². The number of carbonyl (C=O) groups excluding carboxylic acids is 1. The van der Waals surface area contributed by atoms with Crippen LogP contribution in [-0.2, 0) is 11.1 Å². The Morgan fingerprint density at radius 3 is 1.19 bits per heavy atom. The van der Waals surface area contributed by atoms with Crippen molar-refractivity contribution in [2.45, 2.75) is 37.9 Å². The predicted octanol–water partition coefficient (Wildman–Crippen LogP) is 13.9. The summed E-state index contributed by atoms with van der Waals surface area (Å²) in [6, 6.07) is 75.9. The summed E-state index contributed by atoms with van der Waals surface area (Å²) in [5.41, 5.74) is 7.73. The van der Waals surface area contributed by atoms with E-state index in [1.807, 2.05) is 92.7 Å². The summed E-state index contributed by atoms with van der Waals surface area (Å²) in [4.78, 5) is 22.0. The van der Waals surface area contributed by atoms with E-state index in [0.29, 0.717) is 17.5 Å². The largest absolute Gasteiger partial charge is 0.368 e. The lowest BCUT2D eigenvalue weighted by atomic mass is 9.77. The predicted molar refractivity (Wildman–Crippen MR) is 305 cm³/mol. The molecule has 1 atom stereocenters. The number of carbonyl (C=O) groups is 1. The molecule has 0 bridgehead atoms. The van der Waals surface area contributed by atoms with Gasteiger partial charge in [-0.3, -0.25) is 5.32 Å². The highest BCUT2D eigenvalue weighted by Crippen LogP contribution is 2.45. The summed E-state index contributed by atoms with van der Waals surface area (Å²) in [5.74, 6) is 1.95. The SMILES string of the molecule is CCNc1nn(C(c2ccccc2)(c2ccccc2)c2ccccc2)c2cc(Cl)ncc12.CCNc1nn(C(c2ccccc2)(c2ccccc2)c2ccccc2)c2cc(NC(=O)N[C@H](C)c3ccccc3)ncc12. The molecule has 0 aliphatic rings. The summed E-state index contributed by atoms with van der Waals surface area (Å²) in [7, 11) is 0. The van der Waals surface area contributed by atoms with Gasteiger partial charge in [-0.15, -0.1) is 0 Å². The van der Waals surface area contributed by atoms with Crippen LogP contribution < -0.4 is 21.3 Å². The first kappa shape index (κ1) is 49.5.